The van der Waals surface area contributed by atoms with E-state index in [1.807, 2.05) is 57.2 Å². The van der Waals surface area contributed by atoms with Crippen LogP contribution < -0.4 is 10.1 Å². The molecule has 2 aromatic rings. The number of anilines is 1. The third-order valence-corrected chi connectivity index (χ3v) is 5.73. The molecule has 1 fully saturated rings. The monoisotopic (exact) mass is 404 g/mol. The lowest BCUT2D eigenvalue weighted by Crippen LogP contribution is -2.39. The lowest BCUT2D eigenvalue weighted by atomic mass is 10.1. The Morgan fingerprint density at radius 2 is 1.79 bits per heavy atom. The highest BCUT2D eigenvalue weighted by molar-refractivity contribution is 7.85. The lowest BCUT2D eigenvalue weighted by Gasteiger charge is -2.26. The molecule has 0 aromatic heterocycles. The molecule has 1 aliphatic rings. The molecule has 0 atom stereocenters. The van der Waals surface area contributed by atoms with Gasteiger partial charge >= 0.3 is 6.09 Å². The van der Waals surface area contributed by atoms with Gasteiger partial charge in [0.15, 0.2) is 0 Å². The number of nitrogens with zero attached hydrogens (tertiary/aromatic N) is 1. The van der Waals surface area contributed by atoms with Crippen molar-refractivity contribution >= 4 is 33.4 Å². The second-order valence-electron chi connectivity index (χ2n) is 7.82. The second-order valence-corrected chi connectivity index (χ2v) is 9.52. The Morgan fingerprint density at radius 3 is 2.46 bits per heavy atom. The molecule has 1 saturated heterocycles. The second kappa shape index (κ2) is 8.92. The zero-order valence-electron chi connectivity index (χ0n) is 16.7. The predicted molar refractivity (Wildman–Crippen MR) is 114 cm³/mol. The van der Waals surface area contributed by atoms with Gasteiger partial charge in [-0.15, -0.1) is 0 Å². The van der Waals surface area contributed by atoms with Gasteiger partial charge in [0.05, 0.1) is 5.69 Å². The largest absolute Gasteiger partial charge is 0.492 e. The number of carbonyl (C=O) groups is 1. The van der Waals surface area contributed by atoms with Crippen molar-refractivity contribution in [3.63, 3.8) is 0 Å². The molecule has 1 aliphatic heterocycles. The van der Waals surface area contributed by atoms with Gasteiger partial charge in [-0.3, -0.25) is 14.4 Å². The molecule has 0 spiro atoms. The van der Waals surface area contributed by atoms with Crippen LogP contribution in [-0.4, -0.2) is 58.5 Å². The summed E-state index contributed by atoms with van der Waals surface area (Å²) in [6.07, 6.45) is -0.478. The SMILES string of the molecule is CC(C)(C)OC(=O)Nc1ccc(OCCN2CCS(=O)CC2)c2ccccc12. The molecular formula is C21H28N2O4S. The van der Waals surface area contributed by atoms with Crippen LogP contribution in [0.25, 0.3) is 10.8 Å². The average Bonchev–Trinajstić information content (AvgIpc) is 2.63. The summed E-state index contributed by atoms with van der Waals surface area (Å²) in [6, 6.07) is 11.5. The fraction of sp³-hybridized carbons (Fsp3) is 0.476. The fourth-order valence-corrected chi connectivity index (χ4v) is 4.23. The fourth-order valence-electron chi connectivity index (χ4n) is 3.10. The van der Waals surface area contributed by atoms with E-state index in [0.717, 1.165) is 47.7 Å². The van der Waals surface area contributed by atoms with Gasteiger partial charge in [-0.25, -0.2) is 4.79 Å². The number of hydrogen-bond donors (Lipinski definition) is 1. The van der Waals surface area contributed by atoms with Crippen LogP contribution in [0.2, 0.25) is 0 Å². The molecule has 1 heterocycles. The van der Waals surface area contributed by atoms with E-state index in [1.165, 1.54) is 0 Å². The van der Waals surface area contributed by atoms with E-state index in [0.29, 0.717) is 12.3 Å². The molecule has 1 amide bonds. The number of carbonyl (C=O) groups excluding carboxylic acids is 1. The van der Waals surface area contributed by atoms with Gasteiger partial charge in [0.25, 0.3) is 0 Å². The summed E-state index contributed by atoms with van der Waals surface area (Å²) < 4.78 is 22.8. The quantitative estimate of drug-likeness (QED) is 0.824. The van der Waals surface area contributed by atoms with Crippen molar-refractivity contribution in [2.45, 2.75) is 26.4 Å². The maximum absolute atomic E-state index is 12.1. The molecule has 152 valence electrons. The Balaban J connectivity index is 1.67. The first-order valence-corrected chi connectivity index (χ1v) is 11.0. The van der Waals surface area contributed by atoms with E-state index in [1.54, 1.807) is 0 Å². The van der Waals surface area contributed by atoms with E-state index < -0.39 is 22.5 Å². The van der Waals surface area contributed by atoms with Crippen molar-refractivity contribution < 1.29 is 18.5 Å². The van der Waals surface area contributed by atoms with E-state index in [-0.39, 0.29) is 0 Å². The van der Waals surface area contributed by atoms with Crippen LogP contribution in [0.4, 0.5) is 10.5 Å². The molecule has 2 aromatic carbocycles. The molecule has 0 bridgehead atoms. The maximum atomic E-state index is 12.1. The molecule has 0 radical (unpaired) electrons. The summed E-state index contributed by atoms with van der Waals surface area (Å²) >= 11 is 0. The van der Waals surface area contributed by atoms with Gasteiger partial charge < -0.3 is 9.47 Å². The van der Waals surface area contributed by atoms with Crippen molar-refractivity contribution in [1.82, 2.24) is 4.90 Å². The molecule has 0 aliphatic carbocycles. The van der Waals surface area contributed by atoms with Gasteiger partial charge in [0, 0.05) is 52.7 Å². The maximum Gasteiger partial charge on any atom is 0.412 e. The molecule has 7 heteroatoms. The number of ether oxygens (including phenoxy) is 2. The van der Waals surface area contributed by atoms with E-state index in [4.69, 9.17) is 9.47 Å². The van der Waals surface area contributed by atoms with Gasteiger partial charge in [0.1, 0.15) is 18.0 Å². The third kappa shape index (κ3) is 5.69. The number of rotatable bonds is 5. The Labute approximate surface area is 168 Å². The van der Waals surface area contributed by atoms with Crippen LogP contribution in [0.15, 0.2) is 36.4 Å². The van der Waals surface area contributed by atoms with E-state index in [9.17, 15) is 9.00 Å². The Morgan fingerprint density at radius 1 is 1.11 bits per heavy atom. The summed E-state index contributed by atoms with van der Waals surface area (Å²) in [7, 11) is -0.663. The topological polar surface area (TPSA) is 67.9 Å². The first kappa shape index (κ1) is 20.6. The number of fused-ring (bicyclic) bond motifs is 1. The van der Waals surface area contributed by atoms with Crippen LogP contribution in [-0.2, 0) is 15.5 Å². The predicted octanol–water partition coefficient (Wildman–Crippen LogP) is 3.63. The molecule has 0 unspecified atom stereocenters. The van der Waals surface area contributed by atoms with Gasteiger partial charge in [0.2, 0.25) is 0 Å². The highest BCUT2D eigenvalue weighted by atomic mass is 32.2. The molecular weight excluding hydrogens is 376 g/mol. The zero-order valence-corrected chi connectivity index (χ0v) is 17.5. The number of amides is 1. The molecule has 3 rings (SSSR count). The number of nitrogens with one attached hydrogen (secondary N) is 1. The standard InChI is InChI=1S/C21H28N2O4S/c1-21(2,3)27-20(24)22-18-8-9-19(17-7-5-4-6-16(17)18)26-13-10-23-11-14-28(25)15-12-23/h4-9H,10-15H2,1-3H3,(H,22,24). The normalized spacial score (nSPS) is 16.1. The number of benzene rings is 2. The van der Waals surface area contributed by atoms with E-state index >= 15 is 0 Å². The van der Waals surface area contributed by atoms with Crippen molar-refractivity contribution in [2.75, 3.05) is 43.1 Å². The molecule has 28 heavy (non-hydrogen) atoms. The van der Waals surface area contributed by atoms with Crippen molar-refractivity contribution in [2.24, 2.45) is 0 Å². The number of hydrogen-bond acceptors (Lipinski definition) is 5. The molecule has 0 saturated carbocycles. The minimum atomic E-state index is -0.663. The van der Waals surface area contributed by atoms with Crippen LogP contribution in [0.3, 0.4) is 0 Å². The molecule has 1 N–H and O–H groups in total. The summed E-state index contributed by atoms with van der Waals surface area (Å²) in [5.41, 5.74) is 0.139. The Kier molecular flexibility index (Phi) is 6.57. The first-order valence-electron chi connectivity index (χ1n) is 9.54. The minimum absolute atomic E-state index is 0.478. The van der Waals surface area contributed by atoms with Crippen LogP contribution in [0, 0.1) is 0 Å². The summed E-state index contributed by atoms with van der Waals surface area (Å²) in [4.78, 5) is 14.4. The van der Waals surface area contributed by atoms with Crippen LogP contribution in [0.5, 0.6) is 5.75 Å². The smallest absolute Gasteiger partial charge is 0.412 e. The minimum Gasteiger partial charge on any atom is -0.492 e. The van der Waals surface area contributed by atoms with Crippen molar-refractivity contribution in [3.05, 3.63) is 36.4 Å². The lowest BCUT2D eigenvalue weighted by molar-refractivity contribution is 0.0636. The zero-order chi connectivity index (χ0) is 20.1. The van der Waals surface area contributed by atoms with Crippen LogP contribution >= 0.6 is 0 Å². The van der Waals surface area contributed by atoms with Crippen molar-refractivity contribution in [1.29, 1.82) is 0 Å². The summed E-state index contributed by atoms with van der Waals surface area (Å²) in [5.74, 6) is 2.27. The average molecular weight is 405 g/mol. The highest BCUT2D eigenvalue weighted by Crippen LogP contribution is 2.32. The molecule has 6 nitrogen and oxygen atoms in total. The van der Waals surface area contributed by atoms with E-state index in [2.05, 4.69) is 10.2 Å². The summed E-state index contributed by atoms with van der Waals surface area (Å²) in [6.45, 7) is 8.59. The van der Waals surface area contributed by atoms with Crippen LogP contribution in [0.1, 0.15) is 20.8 Å². The van der Waals surface area contributed by atoms with Gasteiger partial charge in [-0.2, -0.15) is 0 Å². The highest BCUT2D eigenvalue weighted by Gasteiger charge is 2.18. The van der Waals surface area contributed by atoms with Gasteiger partial charge in [-0.1, -0.05) is 24.3 Å². The summed E-state index contributed by atoms with van der Waals surface area (Å²) in [5, 5.41) is 4.67. The third-order valence-electron chi connectivity index (χ3n) is 4.46. The Hall–Kier alpha value is -2.12. The first-order chi connectivity index (χ1) is 13.3. The van der Waals surface area contributed by atoms with Gasteiger partial charge in [-0.05, 0) is 32.9 Å². The van der Waals surface area contributed by atoms with Crippen molar-refractivity contribution in [3.8, 4) is 5.75 Å². The Bertz CT molecular complexity index is 853.